The Hall–Kier alpha value is -3.19. The minimum Gasteiger partial charge on any atom is -0.497 e. The lowest BCUT2D eigenvalue weighted by molar-refractivity contribution is 0.0936. The Balaban J connectivity index is 1.64. The Labute approximate surface area is 163 Å². The van der Waals surface area contributed by atoms with Gasteiger partial charge in [-0.15, -0.1) is 0 Å². The second-order valence-electron chi connectivity index (χ2n) is 6.98. The molecule has 1 aromatic carbocycles. The van der Waals surface area contributed by atoms with Crippen LogP contribution in [0.2, 0.25) is 0 Å². The summed E-state index contributed by atoms with van der Waals surface area (Å²) in [5.41, 5.74) is 4.41. The van der Waals surface area contributed by atoms with E-state index in [1.165, 1.54) is 0 Å². The number of aromatic amines is 1. The van der Waals surface area contributed by atoms with Crippen LogP contribution in [0.15, 0.2) is 48.8 Å². The molecule has 0 spiro atoms. The quantitative estimate of drug-likeness (QED) is 0.713. The summed E-state index contributed by atoms with van der Waals surface area (Å²) in [7, 11) is 3.68. The number of likely N-dealkylation sites (N-methyl/N-ethyl adjacent to an activating group) is 1. The fourth-order valence-corrected chi connectivity index (χ4v) is 3.53. The Kier molecular flexibility index (Phi) is 5.08. The van der Waals surface area contributed by atoms with Crippen LogP contribution >= 0.6 is 0 Å². The van der Waals surface area contributed by atoms with Crippen LogP contribution in [0.4, 0.5) is 0 Å². The number of methoxy groups -OCH3 is 1. The van der Waals surface area contributed by atoms with Gasteiger partial charge in [0, 0.05) is 43.2 Å². The molecule has 144 valence electrons. The summed E-state index contributed by atoms with van der Waals surface area (Å²) >= 11 is 0. The molecule has 1 amide bonds. The molecule has 7 nitrogen and oxygen atoms in total. The highest BCUT2D eigenvalue weighted by atomic mass is 16.5. The Morgan fingerprint density at radius 3 is 2.61 bits per heavy atom. The average molecular weight is 377 g/mol. The summed E-state index contributed by atoms with van der Waals surface area (Å²) < 4.78 is 5.25. The van der Waals surface area contributed by atoms with Crippen molar-refractivity contribution in [2.75, 3.05) is 20.7 Å². The van der Waals surface area contributed by atoms with Crippen molar-refractivity contribution in [3.05, 3.63) is 76.9 Å². The molecule has 28 heavy (non-hydrogen) atoms. The van der Waals surface area contributed by atoms with Crippen molar-refractivity contribution in [3.8, 4) is 5.75 Å². The molecule has 3 aromatic rings. The van der Waals surface area contributed by atoms with Gasteiger partial charge < -0.3 is 15.0 Å². The zero-order valence-electron chi connectivity index (χ0n) is 16.0. The maximum atomic E-state index is 13.1. The van der Waals surface area contributed by atoms with Gasteiger partial charge in [0.2, 0.25) is 0 Å². The van der Waals surface area contributed by atoms with Crippen molar-refractivity contribution in [1.29, 1.82) is 0 Å². The van der Waals surface area contributed by atoms with E-state index in [0.29, 0.717) is 5.69 Å². The van der Waals surface area contributed by atoms with E-state index < -0.39 is 0 Å². The number of pyridine rings is 1. The number of rotatable bonds is 5. The van der Waals surface area contributed by atoms with E-state index in [4.69, 9.17) is 4.74 Å². The van der Waals surface area contributed by atoms with Crippen molar-refractivity contribution >= 4 is 5.91 Å². The highest BCUT2D eigenvalue weighted by Gasteiger charge is 2.26. The molecule has 2 aromatic heterocycles. The first-order valence-corrected chi connectivity index (χ1v) is 9.25. The number of amides is 1. The van der Waals surface area contributed by atoms with Crippen molar-refractivity contribution in [3.63, 3.8) is 0 Å². The smallest absolute Gasteiger partial charge is 0.272 e. The van der Waals surface area contributed by atoms with Crippen molar-refractivity contribution in [2.24, 2.45) is 0 Å². The first-order chi connectivity index (χ1) is 13.7. The standard InChI is InChI=1S/C21H23N5O2/c1-26-12-9-18-17(13-26)20(25-24-18)21(27)23-19(15-7-10-22-11-8-15)14-3-5-16(28-2)6-4-14/h3-8,10-11,19H,9,12-13H2,1-2H3,(H,23,27)(H,24,25). The molecule has 4 rings (SSSR count). The highest BCUT2D eigenvalue weighted by molar-refractivity contribution is 5.94. The van der Waals surface area contributed by atoms with E-state index in [9.17, 15) is 4.79 Å². The summed E-state index contributed by atoms with van der Waals surface area (Å²) in [6, 6.07) is 11.2. The lowest BCUT2D eigenvalue weighted by atomic mass is 9.98. The number of fused-ring (bicyclic) bond motifs is 1. The van der Waals surface area contributed by atoms with Crippen LogP contribution in [0.25, 0.3) is 0 Å². The Bertz CT molecular complexity index is 953. The second-order valence-corrected chi connectivity index (χ2v) is 6.98. The molecule has 3 heterocycles. The van der Waals surface area contributed by atoms with Crippen LogP contribution in [-0.2, 0) is 13.0 Å². The summed E-state index contributed by atoms with van der Waals surface area (Å²) in [6.45, 7) is 1.68. The molecule has 7 heteroatoms. The monoisotopic (exact) mass is 377 g/mol. The van der Waals surface area contributed by atoms with Crippen LogP contribution in [0.3, 0.4) is 0 Å². The number of H-pyrrole nitrogens is 1. The van der Waals surface area contributed by atoms with Crippen LogP contribution in [0.5, 0.6) is 5.75 Å². The van der Waals surface area contributed by atoms with Gasteiger partial charge in [-0.25, -0.2) is 0 Å². The minimum atomic E-state index is -0.310. The highest BCUT2D eigenvalue weighted by Crippen LogP contribution is 2.25. The average Bonchev–Trinajstić information content (AvgIpc) is 3.16. The van der Waals surface area contributed by atoms with E-state index in [1.807, 2.05) is 36.4 Å². The largest absolute Gasteiger partial charge is 0.497 e. The molecule has 0 saturated carbocycles. The fourth-order valence-electron chi connectivity index (χ4n) is 3.53. The molecule has 0 fully saturated rings. The van der Waals surface area contributed by atoms with Gasteiger partial charge >= 0.3 is 0 Å². The molecule has 0 bridgehead atoms. The summed E-state index contributed by atoms with van der Waals surface area (Å²) in [5.74, 6) is 0.582. The van der Waals surface area contributed by atoms with Crippen molar-refractivity contribution in [2.45, 2.75) is 19.0 Å². The van der Waals surface area contributed by atoms with E-state index >= 15 is 0 Å². The predicted molar refractivity (Wildman–Crippen MR) is 105 cm³/mol. The fraction of sp³-hybridized carbons (Fsp3) is 0.286. The molecule has 0 saturated heterocycles. The predicted octanol–water partition coefficient (Wildman–Crippen LogP) is 2.32. The SMILES string of the molecule is COc1ccc(C(NC(=O)c2n[nH]c3c2CN(C)CC3)c2ccncc2)cc1. The Morgan fingerprint density at radius 1 is 1.18 bits per heavy atom. The topological polar surface area (TPSA) is 83.1 Å². The molecule has 1 aliphatic rings. The van der Waals surface area contributed by atoms with Gasteiger partial charge in [0.25, 0.3) is 5.91 Å². The first kappa shape index (κ1) is 18.2. The molecule has 0 aliphatic carbocycles. The van der Waals surface area contributed by atoms with Gasteiger partial charge in [-0.3, -0.25) is 14.9 Å². The van der Waals surface area contributed by atoms with Gasteiger partial charge in [0.1, 0.15) is 5.75 Å². The summed E-state index contributed by atoms with van der Waals surface area (Å²) in [5, 5.41) is 10.5. The van der Waals surface area contributed by atoms with Crippen molar-refractivity contribution in [1.82, 2.24) is 25.4 Å². The van der Waals surface area contributed by atoms with E-state index in [0.717, 1.165) is 47.6 Å². The van der Waals surface area contributed by atoms with E-state index in [1.54, 1.807) is 19.5 Å². The molecule has 1 atom stereocenters. The molecular weight excluding hydrogens is 354 g/mol. The van der Waals surface area contributed by atoms with Crippen LogP contribution in [0, 0.1) is 0 Å². The maximum absolute atomic E-state index is 13.1. The normalized spacial score (nSPS) is 14.9. The van der Waals surface area contributed by atoms with Gasteiger partial charge in [-0.05, 0) is 42.4 Å². The number of carbonyl (C=O) groups is 1. The van der Waals surface area contributed by atoms with Gasteiger partial charge in [-0.2, -0.15) is 5.10 Å². The second kappa shape index (κ2) is 7.82. The third-order valence-corrected chi connectivity index (χ3v) is 5.10. The zero-order valence-corrected chi connectivity index (χ0v) is 16.0. The number of hydrogen-bond acceptors (Lipinski definition) is 5. The minimum absolute atomic E-state index is 0.189. The number of aromatic nitrogens is 3. The molecule has 0 radical (unpaired) electrons. The third kappa shape index (κ3) is 3.61. The Morgan fingerprint density at radius 2 is 1.89 bits per heavy atom. The lowest BCUT2D eigenvalue weighted by Crippen LogP contribution is -2.32. The maximum Gasteiger partial charge on any atom is 0.272 e. The summed E-state index contributed by atoms with van der Waals surface area (Å²) in [6.07, 6.45) is 4.32. The van der Waals surface area contributed by atoms with E-state index in [2.05, 4.69) is 32.4 Å². The molecule has 1 aliphatic heterocycles. The number of nitrogens with zero attached hydrogens (tertiary/aromatic N) is 3. The van der Waals surface area contributed by atoms with Crippen LogP contribution in [0.1, 0.15) is 38.9 Å². The zero-order chi connectivity index (χ0) is 19.5. The number of benzene rings is 1. The van der Waals surface area contributed by atoms with Crippen molar-refractivity contribution < 1.29 is 9.53 Å². The number of hydrogen-bond donors (Lipinski definition) is 2. The van der Waals surface area contributed by atoms with Crippen LogP contribution in [-0.4, -0.2) is 46.7 Å². The van der Waals surface area contributed by atoms with Gasteiger partial charge in [-0.1, -0.05) is 12.1 Å². The van der Waals surface area contributed by atoms with Gasteiger partial charge in [0.05, 0.1) is 13.2 Å². The van der Waals surface area contributed by atoms with Gasteiger partial charge in [0.15, 0.2) is 5.69 Å². The lowest BCUT2D eigenvalue weighted by Gasteiger charge is -2.23. The first-order valence-electron chi connectivity index (χ1n) is 9.25. The third-order valence-electron chi connectivity index (χ3n) is 5.10. The molecule has 1 unspecified atom stereocenters. The molecule has 2 N–H and O–H groups in total. The van der Waals surface area contributed by atoms with Crippen LogP contribution < -0.4 is 10.1 Å². The van der Waals surface area contributed by atoms with E-state index in [-0.39, 0.29) is 11.9 Å². The number of ether oxygens (including phenoxy) is 1. The number of nitrogens with one attached hydrogen (secondary N) is 2. The summed E-state index contributed by atoms with van der Waals surface area (Å²) in [4.78, 5) is 19.4. The number of carbonyl (C=O) groups excluding carboxylic acids is 1. The molecular formula is C21H23N5O2.